The molecule has 0 saturated carbocycles. The standard InChI is InChI=1S/C14H11ClN2OS/c15-12-4-6-13(7-5-12)18-10-1-2-11-19-14-16-8-3-9-17-14/h3-9H,10-11H2. The van der Waals surface area contributed by atoms with Crippen molar-refractivity contribution in [3.05, 3.63) is 47.7 Å². The third-order valence-corrected chi connectivity index (χ3v) is 3.07. The number of hydrogen-bond acceptors (Lipinski definition) is 4. The summed E-state index contributed by atoms with van der Waals surface area (Å²) in [6, 6.07) is 8.99. The first-order chi connectivity index (χ1) is 9.34. The lowest BCUT2D eigenvalue weighted by molar-refractivity contribution is 0.370. The smallest absolute Gasteiger partial charge is 0.188 e. The zero-order valence-electron chi connectivity index (χ0n) is 10.0. The summed E-state index contributed by atoms with van der Waals surface area (Å²) in [7, 11) is 0. The van der Waals surface area contributed by atoms with E-state index in [2.05, 4.69) is 21.8 Å². The molecule has 0 aliphatic carbocycles. The van der Waals surface area contributed by atoms with E-state index < -0.39 is 0 Å². The Kier molecular flexibility index (Phi) is 5.54. The lowest BCUT2D eigenvalue weighted by Gasteiger charge is -2.00. The maximum Gasteiger partial charge on any atom is 0.188 e. The van der Waals surface area contributed by atoms with Crippen molar-refractivity contribution in [2.45, 2.75) is 5.16 Å². The van der Waals surface area contributed by atoms with Crippen molar-refractivity contribution in [2.75, 3.05) is 12.4 Å². The number of benzene rings is 1. The second kappa shape index (κ2) is 7.67. The molecule has 2 rings (SSSR count). The van der Waals surface area contributed by atoms with E-state index in [1.807, 2.05) is 12.1 Å². The van der Waals surface area contributed by atoms with E-state index in [1.54, 1.807) is 30.6 Å². The summed E-state index contributed by atoms with van der Waals surface area (Å²) in [5.41, 5.74) is 0. The van der Waals surface area contributed by atoms with E-state index in [4.69, 9.17) is 16.3 Å². The summed E-state index contributed by atoms with van der Waals surface area (Å²) in [4.78, 5) is 8.19. The summed E-state index contributed by atoms with van der Waals surface area (Å²) < 4.78 is 5.44. The number of nitrogens with zero attached hydrogens (tertiary/aromatic N) is 2. The fourth-order valence-corrected chi connectivity index (χ4v) is 1.91. The highest BCUT2D eigenvalue weighted by molar-refractivity contribution is 7.99. The SMILES string of the molecule is Clc1ccc(OCC#CCSc2ncccn2)cc1. The van der Waals surface area contributed by atoms with Gasteiger partial charge in [0.15, 0.2) is 5.16 Å². The van der Waals surface area contributed by atoms with Gasteiger partial charge in [0.05, 0.1) is 5.75 Å². The Morgan fingerprint density at radius 1 is 1.11 bits per heavy atom. The van der Waals surface area contributed by atoms with Crippen molar-refractivity contribution in [1.29, 1.82) is 0 Å². The molecule has 0 amide bonds. The summed E-state index contributed by atoms with van der Waals surface area (Å²) in [6.45, 7) is 0.359. The van der Waals surface area contributed by atoms with Gasteiger partial charge in [-0.3, -0.25) is 0 Å². The van der Waals surface area contributed by atoms with Crippen LogP contribution in [0.15, 0.2) is 47.9 Å². The highest BCUT2D eigenvalue weighted by Crippen LogP contribution is 2.15. The molecule has 0 bridgehead atoms. The second-order valence-corrected chi connectivity index (χ2v) is 4.80. The highest BCUT2D eigenvalue weighted by atomic mass is 35.5. The molecule has 1 aromatic carbocycles. The molecule has 19 heavy (non-hydrogen) atoms. The number of thioether (sulfide) groups is 1. The van der Waals surface area contributed by atoms with Crippen LogP contribution in [0.2, 0.25) is 5.02 Å². The third-order valence-electron chi connectivity index (χ3n) is 2.07. The first-order valence-electron chi connectivity index (χ1n) is 5.58. The van der Waals surface area contributed by atoms with Crippen LogP contribution >= 0.6 is 23.4 Å². The molecule has 0 atom stereocenters. The maximum atomic E-state index is 5.77. The molecule has 0 aliphatic heterocycles. The Bertz CT molecular complexity index is 563. The Hall–Kier alpha value is -1.70. The molecule has 0 fully saturated rings. The maximum absolute atomic E-state index is 5.77. The molecule has 96 valence electrons. The predicted molar refractivity (Wildman–Crippen MR) is 77.5 cm³/mol. The molecule has 5 heteroatoms. The molecule has 0 spiro atoms. The Balaban J connectivity index is 1.69. The monoisotopic (exact) mass is 290 g/mol. The fourth-order valence-electron chi connectivity index (χ4n) is 1.21. The van der Waals surface area contributed by atoms with Gasteiger partial charge in [-0.25, -0.2) is 9.97 Å². The van der Waals surface area contributed by atoms with Gasteiger partial charge >= 0.3 is 0 Å². The van der Waals surface area contributed by atoms with E-state index in [-0.39, 0.29) is 0 Å². The van der Waals surface area contributed by atoms with Crippen LogP contribution in [0.4, 0.5) is 0 Å². The topological polar surface area (TPSA) is 35.0 Å². The van der Waals surface area contributed by atoms with Gasteiger partial charge in [-0.15, -0.1) is 0 Å². The molecule has 0 unspecified atom stereocenters. The minimum absolute atomic E-state index is 0.359. The predicted octanol–water partition coefficient (Wildman–Crippen LogP) is 3.30. The Labute approximate surface area is 121 Å². The quantitative estimate of drug-likeness (QED) is 0.492. The summed E-state index contributed by atoms with van der Waals surface area (Å²) in [6.07, 6.45) is 3.43. The summed E-state index contributed by atoms with van der Waals surface area (Å²) >= 11 is 7.27. The molecular formula is C14H11ClN2OS. The number of rotatable bonds is 4. The molecule has 0 N–H and O–H groups in total. The van der Waals surface area contributed by atoms with Crippen molar-refractivity contribution >= 4 is 23.4 Å². The minimum atomic E-state index is 0.359. The molecule has 0 saturated heterocycles. The second-order valence-electron chi connectivity index (χ2n) is 3.42. The van der Waals surface area contributed by atoms with Crippen LogP contribution in [-0.4, -0.2) is 22.3 Å². The van der Waals surface area contributed by atoms with Crippen LogP contribution in [0.1, 0.15) is 0 Å². The van der Waals surface area contributed by atoms with Crippen LogP contribution in [0.3, 0.4) is 0 Å². The van der Waals surface area contributed by atoms with Gasteiger partial charge in [-0.05, 0) is 30.3 Å². The van der Waals surface area contributed by atoms with Gasteiger partial charge in [0.25, 0.3) is 0 Å². The zero-order chi connectivity index (χ0) is 13.3. The molecule has 0 radical (unpaired) electrons. The van der Waals surface area contributed by atoms with Crippen molar-refractivity contribution in [1.82, 2.24) is 9.97 Å². The van der Waals surface area contributed by atoms with Gasteiger partial charge in [-0.2, -0.15) is 0 Å². The van der Waals surface area contributed by atoms with Crippen molar-refractivity contribution in [3.8, 4) is 17.6 Å². The normalized spacial score (nSPS) is 9.53. The average molecular weight is 291 g/mol. The molecule has 0 aliphatic rings. The van der Waals surface area contributed by atoms with Crippen molar-refractivity contribution < 1.29 is 4.74 Å². The van der Waals surface area contributed by atoms with Crippen LogP contribution in [-0.2, 0) is 0 Å². The number of aromatic nitrogens is 2. The van der Waals surface area contributed by atoms with Crippen LogP contribution in [0.5, 0.6) is 5.75 Å². The van der Waals surface area contributed by atoms with Crippen LogP contribution < -0.4 is 4.74 Å². The first kappa shape index (κ1) is 13.7. The molecular weight excluding hydrogens is 280 g/mol. The van der Waals surface area contributed by atoms with E-state index in [9.17, 15) is 0 Å². The first-order valence-corrected chi connectivity index (χ1v) is 6.95. The number of hydrogen-bond donors (Lipinski definition) is 0. The summed E-state index contributed by atoms with van der Waals surface area (Å²) in [5.74, 6) is 7.34. The lowest BCUT2D eigenvalue weighted by Crippen LogP contribution is -1.93. The molecule has 3 nitrogen and oxygen atoms in total. The van der Waals surface area contributed by atoms with E-state index in [0.717, 1.165) is 10.9 Å². The summed E-state index contributed by atoms with van der Waals surface area (Å²) in [5, 5.41) is 1.42. The van der Waals surface area contributed by atoms with Crippen LogP contribution in [0, 0.1) is 11.8 Å². The zero-order valence-corrected chi connectivity index (χ0v) is 11.6. The Morgan fingerprint density at radius 2 is 1.84 bits per heavy atom. The van der Waals surface area contributed by atoms with E-state index in [1.165, 1.54) is 11.8 Å². The third kappa shape index (κ3) is 5.21. The average Bonchev–Trinajstić information content (AvgIpc) is 2.46. The molecule has 1 heterocycles. The van der Waals surface area contributed by atoms with E-state index >= 15 is 0 Å². The number of ether oxygens (including phenoxy) is 1. The Morgan fingerprint density at radius 3 is 2.58 bits per heavy atom. The van der Waals surface area contributed by atoms with Crippen molar-refractivity contribution in [3.63, 3.8) is 0 Å². The largest absolute Gasteiger partial charge is 0.481 e. The van der Waals surface area contributed by atoms with Crippen molar-refractivity contribution in [2.24, 2.45) is 0 Å². The van der Waals surface area contributed by atoms with Crippen LogP contribution in [0.25, 0.3) is 0 Å². The molecule has 2 aromatic rings. The van der Waals surface area contributed by atoms with Gasteiger partial charge in [0.2, 0.25) is 0 Å². The van der Waals surface area contributed by atoms with Gasteiger partial charge in [0.1, 0.15) is 12.4 Å². The van der Waals surface area contributed by atoms with Gasteiger partial charge < -0.3 is 4.74 Å². The molecule has 1 aromatic heterocycles. The fraction of sp³-hybridized carbons (Fsp3) is 0.143. The lowest BCUT2D eigenvalue weighted by atomic mass is 10.3. The highest BCUT2D eigenvalue weighted by Gasteiger charge is 1.92. The van der Waals surface area contributed by atoms with E-state index in [0.29, 0.717) is 17.4 Å². The van der Waals surface area contributed by atoms with Gasteiger partial charge in [0, 0.05) is 17.4 Å². The number of halogens is 1. The van der Waals surface area contributed by atoms with Gasteiger partial charge in [-0.1, -0.05) is 35.2 Å². The minimum Gasteiger partial charge on any atom is -0.481 e.